The van der Waals surface area contributed by atoms with Gasteiger partial charge in [0, 0.05) is 25.5 Å². The molecule has 0 saturated heterocycles. The van der Waals surface area contributed by atoms with E-state index in [1.807, 2.05) is 0 Å². The third-order valence-electron chi connectivity index (χ3n) is 1.99. The molecule has 0 amide bonds. The molecule has 14 heavy (non-hydrogen) atoms. The summed E-state index contributed by atoms with van der Waals surface area (Å²) in [5, 5.41) is 9.60. The predicted octanol–water partition coefficient (Wildman–Crippen LogP) is 1.68. The van der Waals surface area contributed by atoms with Gasteiger partial charge in [-0.2, -0.15) is 0 Å². The standard InChI is InChI=1S/C10H14FNO2/c1-14-6-2-3-10(13)8-4-5-12-7-9(8)11/h4-5,7,10,13H,2-3,6H2,1H3. The average Bonchev–Trinajstić information content (AvgIpc) is 2.18. The zero-order valence-electron chi connectivity index (χ0n) is 8.11. The molecule has 0 aliphatic heterocycles. The van der Waals surface area contributed by atoms with Gasteiger partial charge in [0.1, 0.15) is 5.82 Å². The Hall–Kier alpha value is -1.00. The Kier molecular flexibility index (Phi) is 4.49. The molecule has 3 nitrogen and oxygen atoms in total. The van der Waals surface area contributed by atoms with Crippen molar-refractivity contribution >= 4 is 0 Å². The van der Waals surface area contributed by atoms with Crippen LogP contribution in [0.4, 0.5) is 4.39 Å². The van der Waals surface area contributed by atoms with Gasteiger partial charge in [0.05, 0.1) is 12.3 Å². The molecule has 78 valence electrons. The normalized spacial score (nSPS) is 12.8. The number of pyridine rings is 1. The lowest BCUT2D eigenvalue weighted by molar-refractivity contribution is 0.133. The molecule has 1 unspecified atom stereocenters. The van der Waals surface area contributed by atoms with E-state index in [0.717, 1.165) is 6.20 Å². The van der Waals surface area contributed by atoms with Crippen LogP contribution >= 0.6 is 0 Å². The fourth-order valence-corrected chi connectivity index (χ4v) is 1.23. The van der Waals surface area contributed by atoms with Crippen molar-refractivity contribution in [2.45, 2.75) is 18.9 Å². The number of aromatic nitrogens is 1. The highest BCUT2D eigenvalue weighted by molar-refractivity contribution is 5.15. The van der Waals surface area contributed by atoms with Gasteiger partial charge in [-0.1, -0.05) is 0 Å². The topological polar surface area (TPSA) is 42.4 Å². The molecule has 0 radical (unpaired) electrons. The zero-order valence-corrected chi connectivity index (χ0v) is 8.11. The van der Waals surface area contributed by atoms with Gasteiger partial charge in [-0.05, 0) is 18.9 Å². The van der Waals surface area contributed by atoms with Crippen molar-refractivity contribution < 1.29 is 14.2 Å². The molecule has 0 fully saturated rings. The number of halogens is 1. The minimum Gasteiger partial charge on any atom is -0.388 e. The summed E-state index contributed by atoms with van der Waals surface area (Å²) in [5.41, 5.74) is 0.302. The fourth-order valence-electron chi connectivity index (χ4n) is 1.23. The van der Waals surface area contributed by atoms with Crippen molar-refractivity contribution in [2.24, 2.45) is 0 Å². The largest absolute Gasteiger partial charge is 0.388 e. The van der Waals surface area contributed by atoms with E-state index in [0.29, 0.717) is 25.0 Å². The molecule has 1 rings (SSSR count). The number of aliphatic hydroxyl groups is 1. The molecule has 1 N–H and O–H groups in total. The smallest absolute Gasteiger partial charge is 0.147 e. The minimum absolute atomic E-state index is 0.302. The van der Waals surface area contributed by atoms with Gasteiger partial charge in [0.25, 0.3) is 0 Å². The maximum atomic E-state index is 13.1. The average molecular weight is 199 g/mol. The highest BCUT2D eigenvalue weighted by Gasteiger charge is 2.11. The lowest BCUT2D eigenvalue weighted by Gasteiger charge is -2.10. The molecule has 0 saturated carbocycles. The molecule has 1 aromatic heterocycles. The lowest BCUT2D eigenvalue weighted by atomic mass is 10.1. The summed E-state index contributed by atoms with van der Waals surface area (Å²) in [5.74, 6) is -0.461. The number of aliphatic hydroxyl groups excluding tert-OH is 1. The van der Waals surface area contributed by atoms with E-state index in [9.17, 15) is 9.50 Å². The molecule has 1 heterocycles. The van der Waals surface area contributed by atoms with Gasteiger partial charge in [-0.15, -0.1) is 0 Å². The number of rotatable bonds is 5. The summed E-state index contributed by atoms with van der Waals surface area (Å²) in [4.78, 5) is 3.61. The summed E-state index contributed by atoms with van der Waals surface area (Å²) >= 11 is 0. The highest BCUT2D eigenvalue weighted by Crippen LogP contribution is 2.19. The molecule has 0 aliphatic rings. The first-order chi connectivity index (χ1) is 6.75. The van der Waals surface area contributed by atoms with E-state index < -0.39 is 11.9 Å². The molecule has 4 heteroatoms. The predicted molar refractivity (Wildman–Crippen MR) is 50.3 cm³/mol. The van der Waals surface area contributed by atoms with Gasteiger partial charge >= 0.3 is 0 Å². The van der Waals surface area contributed by atoms with Crippen molar-refractivity contribution in [1.29, 1.82) is 0 Å². The zero-order chi connectivity index (χ0) is 10.4. The monoisotopic (exact) mass is 199 g/mol. The van der Waals surface area contributed by atoms with Crippen LogP contribution in [0.5, 0.6) is 0 Å². The second kappa shape index (κ2) is 5.67. The van der Waals surface area contributed by atoms with Crippen LogP contribution in [0, 0.1) is 5.82 Å². The molecular formula is C10H14FNO2. The van der Waals surface area contributed by atoms with Gasteiger partial charge in [0.2, 0.25) is 0 Å². The third kappa shape index (κ3) is 3.05. The van der Waals surface area contributed by atoms with E-state index in [2.05, 4.69) is 4.98 Å². The number of ether oxygens (including phenoxy) is 1. The second-order valence-corrected chi connectivity index (χ2v) is 3.05. The summed E-state index contributed by atoms with van der Waals surface area (Å²) in [7, 11) is 1.60. The highest BCUT2D eigenvalue weighted by atomic mass is 19.1. The van der Waals surface area contributed by atoms with Gasteiger partial charge in [-0.25, -0.2) is 4.39 Å². The Bertz CT molecular complexity index is 281. The van der Waals surface area contributed by atoms with Crippen LogP contribution in [0.2, 0.25) is 0 Å². The summed E-state index contributed by atoms with van der Waals surface area (Å²) in [6.45, 7) is 0.573. The number of nitrogens with zero attached hydrogens (tertiary/aromatic N) is 1. The minimum atomic E-state index is -0.770. The van der Waals surface area contributed by atoms with Crippen LogP contribution in [-0.2, 0) is 4.74 Å². The lowest BCUT2D eigenvalue weighted by Crippen LogP contribution is -2.02. The van der Waals surface area contributed by atoms with E-state index in [-0.39, 0.29) is 0 Å². The van der Waals surface area contributed by atoms with Crippen LogP contribution in [0.1, 0.15) is 24.5 Å². The Morgan fingerprint density at radius 3 is 3.07 bits per heavy atom. The molecule has 1 aromatic rings. The van der Waals surface area contributed by atoms with E-state index >= 15 is 0 Å². The third-order valence-corrected chi connectivity index (χ3v) is 1.99. The second-order valence-electron chi connectivity index (χ2n) is 3.05. The number of methoxy groups -OCH3 is 1. The Morgan fingerprint density at radius 1 is 1.64 bits per heavy atom. The first kappa shape index (κ1) is 11.1. The number of hydrogen-bond donors (Lipinski definition) is 1. The van der Waals surface area contributed by atoms with Crippen molar-refractivity contribution in [3.63, 3.8) is 0 Å². The van der Waals surface area contributed by atoms with Crippen LogP contribution in [0.15, 0.2) is 18.5 Å². The van der Waals surface area contributed by atoms with Crippen LogP contribution in [0.3, 0.4) is 0 Å². The first-order valence-corrected chi connectivity index (χ1v) is 4.52. The maximum Gasteiger partial charge on any atom is 0.147 e. The van der Waals surface area contributed by atoms with Crippen molar-refractivity contribution in [2.75, 3.05) is 13.7 Å². The molecule has 0 aliphatic carbocycles. The molecule has 0 aromatic carbocycles. The molecular weight excluding hydrogens is 185 g/mol. The first-order valence-electron chi connectivity index (χ1n) is 4.52. The van der Waals surface area contributed by atoms with E-state index in [1.54, 1.807) is 7.11 Å². The van der Waals surface area contributed by atoms with Gasteiger partial charge in [0.15, 0.2) is 0 Å². The summed E-state index contributed by atoms with van der Waals surface area (Å²) < 4.78 is 17.9. The maximum absolute atomic E-state index is 13.1. The van der Waals surface area contributed by atoms with E-state index in [1.165, 1.54) is 12.3 Å². The van der Waals surface area contributed by atoms with Crippen LogP contribution in [-0.4, -0.2) is 23.8 Å². The Morgan fingerprint density at radius 2 is 2.43 bits per heavy atom. The molecule has 0 spiro atoms. The van der Waals surface area contributed by atoms with Crippen molar-refractivity contribution in [3.8, 4) is 0 Å². The summed E-state index contributed by atoms with van der Waals surface area (Å²) in [6.07, 6.45) is 3.01. The van der Waals surface area contributed by atoms with Crippen LogP contribution < -0.4 is 0 Å². The van der Waals surface area contributed by atoms with E-state index in [4.69, 9.17) is 4.74 Å². The Balaban J connectivity index is 2.51. The SMILES string of the molecule is COCCCC(O)c1ccncc1F. The van der Waals surface area contributed by atoms with Gasteiger partial charge < -0.3 is 9.84 Å². The Labute approximate surface area is 82.5 Å². The number of hydrogen-bond acceptors (Lipinski definition) is 3. The quantitative estimate of drug-likeness (QED) is 0.733. The molecule has 0 bridgehead atoms. The summed E-state index contributed by atoms with van der Waals surface area (Å²) in [6, 6.07) is 1.49. The van der Waals surface area contributed by atoms with Crippen molar-refractivity contribution in [3.05, 3.63) is 29.8 Å². The molecule has 1 atom stereocenters. The van der Waals surface area contributed by atoms with Gasteiger partial charge in [-0.3, -0.25) is 4.98 Å². The van der Waals surface area contributed by atoms with Crippen LogP contribution in [0.25, 0.3) is 0 Å². The van der Waals surface area contributed by atoms with Crippen molar-refractivity contribution in [1.82, 2.24) is 4.98 Å². The fraction of sp³-hybridized carbons (Fsp3) is 0.500.